The van der Waals surface area contributed by atoms with Gasteiger partial charge < -0.3 is 29.5 Å². The van der Waals surface area contributed by atoms with E-state index in [4.69, 9.17) is 14.2 Å². The number of ether oxygens (including phenoxy) is 3. The molecule has 108 valence electrons. The van der Waals surface area contributed by atoms with Crippen molar-refractivity contribution in [3.8, 4) is 0 Å². The maximum Gasteiger partial charge on any atom is 0.163 e. The second-order valence-corrected chi connectivity index (χ2v) is 5.51. The van der Waals surface area contributed by atoms with E-state index in [0.717, 1.165) is 0 Å². The number of rotatable bonds is 6. The lowest BCUT2D eigenvalue weighted by Gasteiger charge is -2.25. The molecule has 0 saturated carbocycles. The van der Waals surface area contributed by atoms with Crippen LogP contribution in [0.25, 0.3) is 0 Å². The molecule has 1 aliphatic heterocycles. The quantitative estimate of drug-likeness (QED) is 0.585. The van der Waals surface area contributed by atoms with Crippen molar-refractivity contribution in [1.29, 1.82) is 0 Å². The third-order valence-corrected chi connectivity index (χ3v) is 2.67. The van der Waals surface area contributed by atoms with E-state index in [1.54, 1.807) is 13.8 Å². The van der Waals surface area contributed by atoms with Gasteiger partial charge in [0.05, 0.1) is 19.3 Å². The molecule has 0 aromatic carbocycles. The minimum Gasteiger partial charge on any atom is -0.390 e. The second kappa shape index (κ2) is 5.81. The average Bonchev–Trinajstić information content (AvgIpc) is 2.55. The molecule has 0 aromatic heterocycles. The minimum atomic E-state index is -1.24. The van der Waals surface area contributed by atoms with Gasteiger partial charge in [-0.15, -0.1) is 0 Å². The molecule has 0 radical (unpaired) electrons. The van der Waals surface area contributed by atoms with Crippen LogP contribution in [0.15, 0.2) is 0 Å². The lowest BCUT2D eigenvalue weighted by molar-refractivity contribution is -0.185. The van der Waals surface area contributed by atoms with Crippen molar-refractivity contribution in [1.82, 2.24) is 0 Å². The zero-order chi connectivity index (χ0) is 14.0. The van der Waals surface area contributed by atoms with E-state index in [-0.39, 0.29) is 19.6 Å². The molecular formula is C12H24O6. The van der Waals surface area contributed by atoms with Gasteiger partial charge in [-0.25, -0.2) is 0 Å². The van der Waals surface area contributed by atoms with Crippen LogP contribution in [0.4, 0.5) is 0 Å². The Hall–Kier alpha value is -0.240. The number of hydrogen-bond acceptors (Lipinski definition) is 6. The van der Waals surface area contributed by atoms with E-state index in [2.05, 4.69) is 0 Å². The molecule has 0 aromatic rings. The Morgan fingerprint density at radius 1 is 1.39 bits per heavy atom. The van der Waals surface area contributed by atoms with E-state index in [1.807, 2.05) is 0 Å². The summed E-state index contributed by atoms with van der Waals surface area (Å²) in [6, 6.07) is 0. The van der Waals surface area contributed by atoms with E-state index < -0.39 is 29.9 Å². The average molecular weight is 264 g/mol. The van der Waals surface area contributed by atoms with Crippen molar-refractivity contribution in [2.75, 3.05) is 13.2 Å². The predicted octanol–water partition coefficient (Wildman–Crippen LogP) is -0.00520. The van der Waals surface area contributed by atoms with Crippen LogP contribution in [0.1, 0.15) is 34.1 Å². The highest BCUT2D eigenvalue weighted by molar-refractivity contribution is 4.82. The third-order valence-electron chi connectivity index (χ3n) is 2.67. The maximum atomic E-state index is 9.91. The van der Waals surface area contributed by atoms with Crippen molar-refractivity contribution < 1.29 is 29.5 Å². The molecule has 0 aliphatic carbocycles. The molecule has 1 rings (SSSR count). The highest BCUT2D eigenvalue weighted by Gasteiger charge is 2.39. The molecule has 3 atom stereocenters. The van der Waals surface area contributed by atoms with Gasteiger partial charge in [0.25, 0.3) is 0 Å². The molecule has 6 heteroatoms. The molecule has 18 heavy (non-hydrogen) atoms. The van der Waals surface area contributed by atoms with Crippen LogP contribution in [-0.2, 0) is 14.2 Å². The zero-order valence-corrected chi connectivity index (χ0v) is 11.4. The molecule has 1 heterocycles. The molecule has 0 spiro atoms. The van der Waals surface area contributed by atoms with Crippen LogP contribution in [0, 0.1) is 0 Å². The molecule has 1 aliphatic rings. The topological polar surface area (TPSA) is 88.4 Å². The van der Waals surface area contributed by atoms with Crippen LogP contribution in [0.2, 0.25) is 0 Å². The SMILES string of the molecule is CC(C)(O)OCCC(O)C(O)C1COC(C)(C)O1. The Balaban J connectivity index is 2.31. The summed E-state index contributed by atoms with van der Waals surface area (Å²) < 4.78 is 15.8. The minimum absolute atomic E-state index is 0.151. The van der Waals surface area contributed by atoms with Crippen LogP contribution in [-0.4, -0.2) is 58.4 Å². The van der Waals surface area contributed by atoms with E-state index in [9.17, 15) is 15.3 Å². The van der Waals surface area contributed by atoms with Gasteiger partial charge in [0.1, 0.15) is 12.2 Å². The van der Waals surface area contributed by atoms with Crippen LogP contribution >= 0.6 is 0 Å². The molecule has 1 fully saturated rings. The highest BCUT2D eigenvalue weighted by Crippen LogP contribution is 2.25. The number of aliphatic hydroxyl groups is 3. The first-order chi connectivity index (χ1) is 8.11. The largest absolute Gasteiger partial charge is 0.390 e. The lowest BCUT2D eigenvalue weighted by Crippen LogP contribution is -2.40. The third kappa shape index (κ3) is 5.17. The van der Waals surface area contributed by atoms with Gasteiger partial charge in [-0.2, -0.15) is 0 Å². The van der Waals surface area contributed by atoms with E-state index >= 15 is 0 Å². The Labute approximate surface area is 107 Å². The summed E-state index contributed by atoms with van der Waals surface area (Å²) in [6.07, 6.45) is -2.34. The van der Waals surface area contributed by atoms with Crippen molar-refractivity contribution >= 4 is 0 Å². The smallest absolute Gasteiger partial charge is 0.163 e. The van der Waals surface area contributed by atoms with Crippen LogP contribution < -0.4 is 0 Å². The van der Waals surface area contributed by atoms with Gasteiger partial charge >= 0.3 is 0 Å². The fourth-order valence-electron chi connectivity index (χ4n) is 1.73. The van der Waals surface area contributed by atoms with Crippen LogP contribution in [0.5, 0.6) is 0 Å². The van der Waals surface area contributed by atoms with Gasteiger partial charge in [-0.05, 0) is 34.1 Å². The Morgan fingerprint density at radius 3 is 2.44 bits per heavy atom. The van der Waals surface area contributed by atoms with Gasteiger partial charge in [-0.1, -0.05) is 0 Å². The first-order valence-corrected chi connectivity index (χ1v) is 6.15. The van der Waals surface area contributed by atoms with Gasteiger partial charge in [0, 0.05) is 0 Å². The summed E-state index contributed by atoms with van der Waals surface area (Å²) in [6.45, 7) is 6.92. The fourth-order valence-corrected chi connectivity index (χ4v) is 1.73. The van der Waals surface area contributed by atoms with Gasteiger partial charge in [0.2, 0.25) is 0 Å². The molecule has 0 bridgehead atoms. The standard InChI is InChI=1S/C12H24O6/c1-11(2,15)16-6-5-8(13)10(14)9-7-17-12(3,4)18-9/h8-10,13-15H,5-7H2,1-4H3. The fraction of sp³-hybridized carbons (Fsp3) is 1.00. The Bertz CT molecular complexity index is 260. The van der Waals surface area contributed by atoms with Crippen LogP contribution in [0.3, 0.4) is 0 Å². The van der Waals surface area contributed by atoms with Gasteiger partial charge in [0.15, 0.2) is 11.6 Å². The monoisotopic (exact) mass is 264 g/mol. The Kier molecular flexibility index (Phi) is 5.11. The van der Waals surface area contributed by atoms with E-state index in [1.165, 1.54) is 13.8 Å². The van der Waals surface area contributed by atoms with Gasteiger partial charge in [-0.3, -0.25) is 0 Å². The van der Waals surface area contributed by atoms with Crippen molar-refractivity contribution in [3.05, 3.63) is 0 Å². The summed E-state index contributed by atoms with van der Waals surface area (Å²) in [4.78, 5) is 0. The number of hydrogen-bond donors (Lipinski definition) is 3. The molecule has 6 nitrogen and oxygen atoms in total. The highest BCUT2D eigenvalue weighted by atomic mass is 16.7. The summed E-state index contributed by atoms with van der Waals surface area (Å²) >= 11 is 0. The summed E-state index contributed by atoms with van der Waals surface area (Å²) in [7, 11) is 0. The van der Waals surface area contributed by atoms with E-state index in [0.29, 0.717) is 0 Å². The second-order valence-electron chi connectivity index (χ2n) is 5.51. The molecular weight excluding hydrogens is 240 g/mol. The van der Waals surface area contributed by atoms with Crippen molar-refractivity contribution in [2.24, 2.45) is 0 Å². The summed E-state index contributed by atoms with van der Waals surface area (Å²) in [5, 5.41) is 29.0. The number of aliphatic hydroxyl groups excluding tert-OH is 2. The molecule has 3 unspecified atom stereocenters. The first kappa shape index (κ1) is 15.8. The molecule has 1 saturated heterocycles. The van der Waals surface area contributed by atoms with Crippen molar-refractivity contribution in [3.63, 3.8) is 0 Å². The zero-order valence-electron chi connectivity index (χ0n) is 11.4. The summed E-state index contributed by atoms with van der Waals surface area (Å²) in [5.41, 5.74) is 0. The molecule has 3 N–H and O–H groups in total. The predicted molar refractivity (Wildman–Crippen MR) is 63.8 cm³/mol. The first-order valence-electron chi connectivity index (χ1n) is 6.15. The molecule has 0 amide bonds. The summed E-state index contributed by atoms with van der Waals surface area (Å²) in [5.74, 6) is -1.96. The Morgan fingerprint density at radius 2 is 2.00 bits per heavy atom. The maximum absolute atomic E-state index is 9.91. The lowest BCUT2D eigenvalue weighted by atomic mass is 10.1. The van der Waals surface area contributed by atoms with Crippen molar-refractivity contribution in [2.45, 2.75) is 64.0 Å². The normalized spacial score (nSPS) is 27.2.